The number of Topliss-reactive ketones (excluding diaryl/α,β-unsaturated/α-hetero) is 1. The summed E-state index contributed by atoms with van der Waals surface area (Å²) in [6, 6.07) is -0.119. The number of carbonyl (C=O) groups excluding carboxylic acids is 1. The fraction of sp³-hybridized carbons (Fsp3) is 0.870. The molecular formula is C23H34ClNO4. The van der Waals surface area contributed by atoms with E-state index in [1.807, 2.05) is 6.92 Å². The summed E-state index contributed by atoms with van der Waals surface area (Å²) in [7, 11) is 0. The summed E-state index contributed by atoms with van der Waals surface area (Å²) in [6.45, 7) is 9.56. The molecule has 6 rings (SSSR count). The maximum atomic E-state index is 14.2. The minimum Gasteiger partial charge on any atom is -0.633 e. The molecule has 5 nitrogen and oxygen atoms in total. The Morgan fingerprint density at radius 2 is 2.00 bits per heavy atom. The summed E-state index contributed by atoms with van der Waals surface area (Å²) in [6.07, 6.45) is 3.33. The van der Waals surface area contributed by atoms with Crippen molar-refractivity contribution in [3.63, 3.8) is 0 Å². The number of hydroxylamine groups is 3. The summed E-state index contributed by atoms with van der Waals surface area (Å²) in [4.78, 5) is 13.1. The molecule has 0 radical (unpaired) electrons. The van der Waals surface area contributed by atoms with E-state index in [0.717, 1.165) is 25.7 Å². The molecule has 0 aromatic carbocycles. The second-order valence-electron chi connectivity index (χ2n) is 11.5. The predicted octanol–water partition coefficient (Wildman–Crippen LogP) is 2.82. The van der Waals surface area contributed by atoms with Gasteiger partial charge in [0.05, 0.1) is 30.7 Å². The molecule has 5 saturated carbocycles. The SMILES string of the molecule is C=C1C2CC3(CC4CC5C6(C)CCC(O)C5(C3CC2=O)C4[N+]([O-])(CC)C6)C1O.Cl. The van der Waals surface area contributed by atoms with Crippen molar-refractivity contribution in [3.8, 4) is 0 Å². The van der Waals surface area contributed by atoms with E-state index in [9.17, 15) is 20.2 Å². The summed E-state index contributed by atoms with van der Waals surface area (Å²) >= 11 is 0. The minimum absolute atomic E-state index is 0. The molecule has 2 spiro atoms. The number of quaternary nitrogens is 1. The van der Waals surface area contributed by atoms with Crippen LogP contribution in [0.15, 0.2) is 12.2 Å². The van der Waals surface area contributed by atoms with Gasteiger partial charge < -0.3 is 20.1 Å². The second kappa shape index (κ2) is 5.66. The first kappa shape index (κ1) is 20.4. The monoisotopic (exact) mass is 423 g/mol. The van der Waals surface area contributed by atoms with E-state index in [0.29, 0.717) is 37.4 Å². The maximum Gasteiger partial charge on any atom is 0.140 e. The lowest BCUT2D eigenvalue weighted by atomic mass is 9.40. The number of ketones is 1. The Bertz CT molecular complexity index is 804. The van der Waals surface area contributed by atoms with Gasteiger partial charge in [-0.3, -0.25) is 4.79 Å². The molecule has 7 bridgehead atoms. The highest BCUT2D eigenvalue weighted by Gasteiger charge is 2.83. The number of hydrogen-bond donors (Lipinski definition) is 2. The highest BCUT2D eigenvalue weighted by molar-refractivity contribution is 5.87. The van der Waals surface area contributed by atoms with Crippen LogP contribution in [-0.4, -0.2) is 52.0 Å². The van der Waals surface area contributed by atoms with E-state index in [-0.39, 0.29) is 57.5 Å². The lowest BCUT2D eigenvalue weighted by Crippen LogP contribution is -2.78. The van der Waals surface area contributed by atoms with Gasteiger partial charge in [-0.25, -0.2) is 0 Å². The van der Waals surface area contributed by atoms with Crippen LogP contribution in [0.3, 0.4) is 0 Å². The molecule has 6 aliphatic rings. The van der Waals surface area contributed by atoms with Gasteiger partial charge in [0.25, 0.3) is 0 Å². The van der Waals surface area contributed by atoms with Crippen molar-refractivity contribution in [1.29, 1.82) is 0 Å². The molecule has 0 aromatic rings. The maximum absolute atomic E-state index is 14.2. The molecule has 6 heteroatoms. The van der Waals surface area contributed by atoms with Gasteiger partial charge in [0.15, 0.2) is 0 Å². The average molecular weight is 424 g/mol. The largest absolute Gasteiger partial charge is 0.633 e. The van der Waals surface area contributed by atoms with E-state index >= 15 is 0 Å². The van der Waals surface area contributed by atoms with Crippen molar-refractivity contribution >= 4 is 18.2 Å². The zero-order chi connectivity index (χ0) is 19.9. The standard InChI is InChI=1S/C23H33NO4.ClH/c1-4-24(28)11-21(3)6-5-18(26)23-16(21)7-13(19(23)24)9-22-10-14(12(2)20(22)27)15(25)8-17(22)23;/h13-14,16-20,26-27H,2,4-11H2,1,3H3;1H. The van der Waals surface area contributed by atoms with Crippen molar-refractivity contribution in [2.45, 2.75) is 70.6 Å². The van der Waals surface area contributed by atoms with E-state index in [1.54, 1.807) is 0 Å². The molecular weight excluding hydrogens is 390 g/mol. The zero-order valence-corrected chi connectivity index (χ0v) is 18.3. The minimum atomic E-state index is -0.664. The molecule has 1 aliphatic heterocycles. The van der Waals surface area contributed by atoms with Crippen LogP contribution >= 0.6 is 12.4 Å². The molecule has 0 amide bonds. The summed E-state index contributed by atoms with van der Waals surface area (Å²) in [5.74, 6) is 0.410. The average Bonchev–Trinajstić information content (AvgIpc) is 3.01. The Balaban J connectivity index is 0.00000181. The number of fused-ring (bicyclic) bond motifs is 1. The van der Waals surface area contributed by atoms with E-state index < -0.39 is 17.6 Å². The molecule has 162 valence electrons. The molecule has 0 aromatic heterocycles. The highest BCUT2D eigenvalue weighted by atomic mass is 35.5. The number of nitrogens with zero attached hydrogens (tertiary/aromatic N) is 1. The number of likely N-dealkylation sites (tertiary alicyclic amines) is 1. The van der Waals surface area contributed by atoms with E-state index in [1.165, 1.54) is 0 Å². The van der Waals surface area contributed by atoms with Crippen molar-refractivity contribution in [2.24, 2.45) is 39.9 Å². The smallest absolute Gasteiger partial charge is 0.140 e. The summed E-state index contributed by atoms with van der Waals surface area (Å²) in [5, 5.41) is 37.1. The van der Waals surface area contributed by atoms with Crippen LogP contribution in [-0.2, 0) is 4.79 Å². The van der Waals surface area contributed by atoms with Gasteiger partial charge in [0, 0.05) is 29.1 Å². The lowest BCUT2D eigenvalue weighted by Gasteiger charge is -2.72. The molecule has 1 saturated heterocycles. The van der Waals surface area contributed by atoms with Gasteiger partial charge in [0.1, 0.15) is 11.8 Å². The third-order valence-electron chi connectivity index (χ3n) is 10.8. The van der Waals surface area contributed by atoms with E-state index in [4.69, 9.17) is 0 Å². The van der Waals surface area contributed by atoms with Crippen molar-refractivity contribution in [1.82, 2.24) is 0 Å². The molecule has 5 aliphatic carbocycles. The molecule has 29 heavy (non-hydrogen) atoms. The van der Waals surface area contributed by atoms with Crippen LogP contribution in [0.1, 0.15) is 52.4 Å². The van der Waals surface area contributed by atoms with Crippen LogP contribution < -0.4 is 0 Å². The third-order valence-corrected chi connectivity index (χ3v) is 10.8. The fourth-order valence-corrected chi connectivity index (χ4v) is 10.2. The van der Waals surface area contributed by atoms with Crippen LogP contribution in [0, 0.1) is 45.1 Å². The van der Waals surface area contributed by atoms with Gasteiger partial charge in [0.2, 0.25) is 0 Å². The van der Waals surface area contributed by atoms with Gasteiger partial charge in [-0.2, -0.15) is 0 Å². The number of hydrogen-bond acceptors (Lipinski definition) is 4. The summed E-state index contributed by atoms with van der Waals surface area (Å²) < 4.78 is -0.212. The number of aliphatic hydroxyl groups is 2. The van der Waals surface area contributed by atoms with Gasteiger partial charge in [-0.1, -0.05) is 13.5 Å². The molecule has 11 unspecified atom stereocenters. The topological polar surface area (TPSA) is 80.6 Å². The molecule has 2 N–H and O–H groups in total. The van der Waals surface area contributed by atoms with Gasteiger partial charge in [-0.15, -0.1) is 12.4 Å². The first-order valence-corrected chi connectivity index (χ1v) is 11.3. The highest BCUT2D eigenvalue weighted by Crippen LogP contribution is 2.79. The Kier molecular flexibility index (Phi) is 3.99. The molecule has 11 atom stereocenters. The molecule has 6 fully saturated rings. The normalized spacial score (nSPS) is 61.9. The van der Waals surface area contributed by atoms with Crippen molar-refractivity contribution < 1.29 is 19.7 Å². The first-order valence-electron chi connectivity index (χ1n) is 11.3. The lowest BCUT2D eigenvalue weighted by molar-refractivity contribution is -0.932. The van der Waals surface area contributed by atoms with Crippen LogP contribution in [0.4, 0.5) is 0 Å². The predicted molar refractivity (Wildman–Crippen MR) is 111 cm³/mol. The van der Waals surface area contributed by atoms with Crippen molar-refractivity contribution in [3.05, 3.63) is 17.4 Å². The Morgan fingerprint density at radius 3 is 2.69 bits per heavy atom. The third kappa shape index (κ3) is 1.93. The number of piperidine rings is 1. The Hall–Kier alpha value is -0.460. The number of rotatable bonds is 1. The van der Waals surface area contributed by atoms with Crippen molar-refractivity contribution in [2.75, 3.05) is 13.1 Å². The van der Waals surface area contributed by atoms with Crippen LogP contribution in [0.25, 0.3) is 0 Å². The fourth-order valence-electron chi connectivity index (χ4n) is 10.2. The second-order valence-corrected chi connectivity index (χ2v) is 11.5. The Labute approximate surface area is 179 Å². The summed E-state index contributed by atoms with van der Waals surface area (Å²) in [5.41, 5.74) is -0.255. The van der Waals surface area contributed by atoms with Gasteiger partial charge >= 0.3 is 0 Å². The van der Waals surface area contributed by atoms with E-state index in [2.05, 4.69) is 13.5 Å². The van der Waals surface area contributed by atoms with Crippen LogP contribution in [0.5, 0.6) is 0 Å². The van der Waals surface area contributed by atoms with Gasteiger partial charge in [-0.05, 0) is 56.4 Å². The first-order chi connectivity index (χ1) is 13.1. The Morgan fingerprint density at radius 1 is 1.28 bits per heavy atom. The number of carbonyl (C=O) groups is 1. The number of aliphatic hydroxyl groups excluding tert-OH is 2. The molecule has 1 heterocycles. The number of halogens is 1. The van der Waals surface area contributed by atoms with Crippen LogP contribution in [0.2, 0.25) is 0 Å². The quantitative estimate of drug-likeness (QED) is 0.386. The zero-order valence-electron chi connectivity index (χ0n) is 17.5.